The fourth-order valence-electron chi connectivity index (χ4n) is 1.68. The van der Waals surface area contributed by atoms with Gasteiger partial charge in [-0.15, -0.1) is 11.3 Å². The Balaban J connectivity index is 1.83. The predicted molar refractivity (Wildman–Crippen MR) is 84.3 cm³/mol. The third-order valence-electron chi connectivity index (χ3n) is 2.85. The molecule has 2 rings (SSSR count). The number of halogens is 1. The number of rotatable bonds is 7. The molecule has 8 heteroatoms. The minimum atomic E-state index is -3.50. The van der Waals surface area contributed by atoms with Crippen LogP contribution in [-0.4, -0.2) is 33.4 Å². The van der Waals surface area contributed by atoms with E-state index in [2.05, 4.69) is 5.32 Å². The van der Waals surface area contributed by atoms with E-state index in [0.29, 0.717) is 12.3 Å². The molecule has 2 heterocycles. The van der Waals surface area contributed by atoms with E-state index in [0.717, 1.165) is 21.6 Å². The number of nitrogens with zero attached hydrogens (tertiary/aromatic N) is 1. The van der Waals surface area contributed by atoms with E-state index in [1.54, 1.807) is 17.4 Å². The average Bonchev–Trinajstić information content (AvgIpc) is 3.04. The summed E-state index contributed by atoms with van der Waals surface area (Å²) in [7, 11) is -0.553. The number of hydrogen-bond acceptors (Lipinski definition) is 5. The number of sulfonamides is 1. The third kappa shape index (κ3) is 4.31. The SMILES string of the molecule is CN(C)S(=O)(=O)c1ccc(CNCCc2ccc(Cl)s2)o1. The Morgan fingerprint density at radius 2 is 2.05 bits per heavy atom. The summed E-state index contributed by atoms with van der Waals surface area (Å²) in [5, 5.41) is 3.18. The van der Waals surface area contributed by atoms with Crippen molar-refractivity contribution in [1.82, 2.24) is 9.62 Å². The molecule has 0 bridgehead atoms. The van der Waals surface area contributed by atoms with Crippen molar-refractivity contribution >= 4 is 33.0 Å². The van der Waals surface area contributed by atoms with E-state index < -0.39 is 10.0 Å². The molecular formula is C13H17ClN2O3S2. The molecule has 0 unspecified atom stereocenters. The molecule has 116 valence electrons. The Labute approximate surface area is 133 Å². The van der Waals surface area contributed by atoms with E-state index in [-0.39, 0.29) is 5.09 Å². The zero-order valence-corrected chi connectivity index (χ0v) is 14.2. The highest BCUT2D eigenvalue weighted by Gasteiger charge is 2.21. The highest BCUT2D eigenvalue weighted by atomic mass is 35.5. The summed E-state index contributed by atoms with van der Waals surface area (Å²) in [6.07, 6.45) is 0.876. The minimum Gasteiger partial charge on any atom is -0.447 e. The molecule has 0 saturated carbocycles. The van der Waals surface area contributed by atoms with E-state index in [1.807, 2.05) is 12.1 Å². The maximum absolute atomic E-state index is 11.9. The van der Waals surface area contributed by atoms with Crippen molar-refractivity contribution in [2.75, 3.05) is 20.6 Å². The van der Waals surface area contributed by atoms with Crippen LogP contribution in [0.25, 0.3) is 0 Å². The molecule has 0 aromatic carbocycles. The van der Waals surface area contributed by atoms with Crippen LogP contribution >= 0.6 is 22.9 Å². The fourth-order valence-corrected chi connectivity index (χ4v) is 3.58. The lowest BCUT2D eigenvalue weighted by Gasteiger charge is -2.07. The standard InChI is InChI=1S/C13H17ClN2O3S2/c1-16(2)21(17,18)13-6-3-10(19-13)9-15-8-7-11-4-5-12(14)20-11/h3-6,15H,7-9H2,1-2H3. The first-order valence-electron chi connectivity index (χ1n) is 6.36. The van der Waals surface area contributed by atoms with Gasteiger partial charge in [0.2, 0.25) is 5.09 Å². The lowest BCUT2D eigenvalue weighted by Crippen LogP contribution is -2.21. The second-order valence-corrected chi connectivity index (χ2v) is 8.52. The van der Waals surface area contributed by atoms with E-state index in [9.17, 15) is 8.42 Å². The molecule has 2 aromatic rings. The van der Waals surface area contributed by atoms with Gasteiger partial charge < -0.3 is 9.73 Å². The highest BCUT2D eigenvalue weighted by molar-refractivity contribution is 7.88. The molecule has 0 amide bonds. The normalized spacial score (nSPS) is 12.2. The summed E-state index contributed by atoms with van der Waals surface area (Å²) in [6, 6.07) is 7.03. The van der Waals surface area contributed by atoms with Crippen molar-refractivity contribution in [3.05, 3.63) is 39.2 Å². The van der Waals surface area contributed by atoms with E-state index in [1.165, 1.54) is 25.0 Å². The summed E-state index contributed by atoms with van der Waals surface area (Å²) in [6.45, 7) is 1.26. The van der Waals surface area contributed by atoms with Crippen molar-refractivity contribution in [1.29, 1.82) is 0 Å². The van der Waals surface area contributed by atoms with Crippen LogP contribution in [-0.2, 0) is 23.0 Å². The van der Waals surface area contributed by atoms with Crippen molar-refractivity contribution in [2.24, 2.45) is 0 Å². The van der Waals surface area contributed by atoms with Gasteiger partial charge in [-0.25, -0.2) is 12.7 Å². The second-order valence-electron chi connectivity index (χ2n) is 4.64. The molecular weight excluding hydrogens is 332 g/mol. The molecule has 2 aromatic heterocycles. The number of thiophene rings is 1. The minimum absolute atomic E-state index is 0.0330. The van der Waals surface area contributed by atoms with Gasteiger partial charge in [-0.3, -0.25) is 0 Å². The van der Waals surface area contributed by atoms with Gasteiger partial charge in [0, 0.05) is 25.5 Å². The van der Waals surface area contributed by atoms with Crippen LogP contribution in [0.2, 0.25) is 4.34 Å². The predicted octanol–water partition coefficient (Wildman–Crippen LogP) is 2.58. The van der Waals surface area contributed by atoms with E-state index in [4.69, 9.17) is 16.0 Å². The molecule has 0 atom stereocenters. The van der Waals surface area contributed by atoms with Crippen molar-refractivity contribution < 1.29 is 12.8 Å². The smallest absolute Gasteiger partial charge is 0.275 e. The van der Waals surface area contributed by atoms with Gasteiger partial charge in [0.05, 0.1) is 10.9 Å². The van der Waals surface area contributed by atoms with Crippen LogP contribution in [0.4, 0.5) is 0 Å². The van der Waals surface area contributed by atoms with Crippen LogP contribution in [0.5, 0.6) is 0 Å². The van der Waals surface area contributed by atoms with Crippen LogP contribution in [0.1, 0.15) is 10.6 Å². The van der Waals surface area contributed by atoms with Crippen molar-refractivity contribution in [3.63, 3.8) is 0 Å². The number of nitrogens with one attached hydrogen (secondary N) is 1. The molecule has 0 spiro atoms. The first-order valence-corrected chi connectivity index (χ1v) is 8.99. The first-order chi connectivity index (χ1) is 9.89. The monoisotopic (exact) mass is 348 g/mol. The summed E-state index contributed by atoms with van der Waals surface area (Å²) in [5.41, 5.74) is 0. The molecule has 0 fully saturated rings. The molecule has 0 aliphatic carbocycles. The zero-order chi connectivity index (χ0) is 15.5. The van der Waals surface area contributed by atoms with Gasteiger partial charge in [0.25, 0.3) is 10.0 Å². The Bertz CT molecular complexity index is 692. The molecule has 1 N–H and O–H groups in total. The molecule has 0 saturated heterocycles. The maximum Gasteiger partial charge on any atom is 0.275 e. The molecule has 0 radical (unpaired) electrons. The first kappa shape index (κ1) is 16.5. The maximum atomic E-state index is 11.9. The van der Waals surface area contributed by atoms with Gasteiger partial charge >= 0.3 is 0 Å². The highest BCUT2D eigenvalue weighted by Crippen LogP contribution is 2.21. The quantitative estimate of drug-likeness (QED) is 0.781. The second kappa shape index (κ2) is 6.93. The lowest BCUT2D eigenvalue weighted by molar-refractivity contribution is 0.389. The van der Waals surface area contributed by atoms with E-state index >= 15 is 0 Å². The van der Waals surface area contributed by atoms with Crippen molar-refractivity contribution in [3.8, 4) is 0 Å². The Kier molecular flexibility index (Phi) is 5.45. The summed E-state index contributed by atoms with van der Waals surface area (Å²) < 4.78 is 31.0. The molecule has 21 heavy (non-hydrogen) atoms. The van der Waals surface area contributed by atoms with Gasteiger partial charge in [-0.1, -0.05) is 11.6 Å². The molecule has 5 nitrogen and oxygen atoms in total. The van der Waals surface area contributed by atoms with Gasteiger partial charge in [0.1, 0.15) is 5.76 Å². The van der Waals surface area contributed by atoms with Gasteiger partial charge in [-0.05, 0) is 30.7 Å². The fraction of sp³-hybridized carbons (Fsp3) is 0.385. The van der Waals surface area contributed by atoms with Gasteiger partial charge in [-0.2, -0.15) is 0 Å². The summed E-state index contributed by atoms with van der Waals surface area (Å²) >= 11 is 7.42. The Morgan fingerprint density at radius 3 is 2.67 bits per heavy atom. The summed E-state index contributed by atoms with van der Waals surface area (Å²) in [5.74, 6) is 0.597. The van der Waals surface area contributed by atoms with Crippen molar-refractivity contribution in [2.45, 2.75) is 18.1 Å². The zero-order valence-electron chi connectivity index (χ0n) is 11.8. The lowest BCUT2D eigenvalue weighted by atomic mass is 10.3. The topological polar surface area (TPSA) is 62.6 Å². The number of hydrogen-bond donors (Lipinski definition) is 1. The average molecular weight is 349 g/mol. The van der Waals surface area contributed by atoms with Crippen LogP contribution in [0.15, 0.2) is 33.8 Å². The summed E-state index contributed by atoms with van der Waals surface area (Å²) in [4.78, 5) is 1.21. The van der Waals surface area contributed by atoms with Crippen LogP contribution in [0, 0.1) is 0 Å². The Hall–Kier alpha value is -0.860. The van der Waals surface area contributed by atoms with Crippen LogP contribution in [0.3, 0.4) is 0 Å². The Morgan fingerprint density at radius 1 is 1.29 bits per heavy atom. The van der Waals surface area contributed by atoms with Gasteiger partial charge in [0.15, 0.2) is 0 Å². The third-order valence-corrected chi connectivity index (χ3v) is 5.83. The van der Waals surface area contributed by atoms with Crippen LogP contribution < -0.4 is 5.32 Å². The molecule has 0 aliphatic heterocycles. The molecule has 0 aliphatic rings. The number of furan rings is 1. The largest absolute Gasteiger partial charge is 0.447 e.